The fourth-order valence-corrected chi connectivity index (χ4v) is 1.84. The van der Waals surface area contributed by atoms with Gasteiger partial charge in [-0.3, -0.25) is 4.79 Å². The van der Waals surface area contributed by atoms with Crippen molar-refractivity contribution in [2.24, 2.45) is 5.73 Å². The number of nitrogens with two attached hydrogens (primary N) is 1. The average molecular weight is 249 g/mol. The monoisotopic (exact) mass is 249 g/mol. The zero-order chi connectivity index (χ0) is 13.4. The highest BCUT2D eigenvalue weighted by Crippen LogP contribution is 2.10. The van der Waals surface area contributed by atoms with Crippen molar-refractivity contribution in [1.29, 1.82) is 0 Å². The van der Waals surface area contributed by atoms with Crippen molar-refractivity contribution < 1.29 is 4.79 Å². The summed E-state index contributed by atoms with van der Waals surface area (Å²) >= 11 is 0. The van der Waals surface area contributed by atoms with Gasteiger partial charge in [-0.25, -0.2) is 4.98 Å². The Morgan fingerprint density at radius 2 is 2.00 bits per heavy atom. The van der Waals surface area contributed by atoms with E-state index < -0.39 is 5.91 Å². The first kappa shape index (κ1) is 14.5. The first-order chi connectivity index (χ1) is 8.65. The van der Waals surface area contributed by atoms with Crippen LogP contribution >= 0.6 is 0 Å². The fraction of sp³-hybridized carbons (Fsp3) is 0.571. The van der Waals surface area contributed by atoms with Gasteiger partial charge in [-0.15, -0.1) is 0 Å². The molecular formula is C14H23N3O. The molecule has 0 fully saturated rings. The Morgan fingerprint density at radius 3 is 2.67 bits per heavy atom. The van der Waals surface area contributed by atoms with E-state index in [2.05, 4.69) is 18.5 Å². The summed E-state index contributed by atoms with van der Waals surface area (Å²) in [7, 11) is 0. The highest BCUT2D eigenvalue weighted by Gasteiger charge is 2.07. The zero-order valence-electron chi connectivity index (χ0n) is 11.2. The maximum Gasteiger partial charge on any atom is 0.250 e. The van der Waals surface area contributed by atoms with Gasteiger partial charge in [0.2, 0.25) is 5.91 Å². The van der Waals surface area contributed by atoms with Crippen LogP contribution in [0.15, 0.2) is 19.1 Å². The van der Waals surface area contributed by atoms with Gasteiger partial charge in [0.05, 0.1) is 17.6 Å². The smallest absolute Gasteiger partial charge is 0.250 e. The largest absolute Gasteiger partial charge is 0.366 e. The number of unbranched alkanes of at least 4 members (excludes halogenated alkanes) is 5. The van der Waals surface area contributed by atoms with Crippen LogP contribution in [-0.2, 0) is 11.3 Å². The SMILES string of the molecule is C=C(C(N)=O)c1cn(CCCCCCCC)cn1. The first-order valence-electron chi connectivity index (χ1n) is 6.66. The Hall–Kier alpha value is -1.58. The Labute approximate surface area is 109 Å². The molecule has 4 heteroatoms. The second-order valence-electron chi connectivity index (χ2n) is 4.61. The molecule has 1 amide bonds. The molecule has 0 aromatic carbocycles. The fourth-order valence-electron chi connectivity index (χ4n) is 1.84. The van der Waals surface area contributed by atoms with Gasteiger partial charge < -0.3 is 10.3 Å². The van der Waals surface area contributed by atoms with Crippen molar-refractivity contribution in [3.8, 4) is 0 Å². The second-order valence-corrected chi connectivity index (χ2v) is 4.61. The molecule has 1 aromatic heterocycles. The number of hydrogen-bond acceptors (Lipinski definition) is 2. The summed E-state index contributed by atoms with van der Waals surface area (Å²) < 4.78 is 1.99. The van der Waals surface area contributed by atoms with Crippen LogP contribution in [0.3, 0.4) is 0 Å². The molecule has 4 nitrogen and oxygen atoms in total. The van der Waals surface area contributed by atoms with Crippen LogP contribution in [-0.4, -0.2) is 15.5 Å². The molecular weight excluding hydrogens is 226 g/mol. The number of primary amides is 1. The Bertz CT molecular complexity index is 395. The van der Waals surface area contributed by atoms with Crippen molar-refractivity contribution >= 4 is 11.5 Å². The summed E-state index contributed by atoms with van der Waals surface area (Å²) in [6.07, 6.45) is 11.2. The van der Waals surface area contributed by atoms with Gasteiger partial charge in [0.25, 0.3) is 0 Å². The van der Waals surface area contributed by atoms with E-state index in [0.29, 0.717) is 5.69 Å². The third kappa shape index (κ3) is 4.73. The quantitative estimate of drug-likeness (QED) is 0.540. The topological polar surface area (TPSA) is 60.9 Å². The molecule has 0 aliphatic carbocycles. The lowest BCUT2D eigenvalue weighted by Crippen LogP contribution is -2.12. The summed E-state index contributed by atoms with van der Waals surface area (Å²) in [5.74, 6) is -0.514. The molecule has 0 saturated heterocycles. The summed E-state index contributed by atoms with van der Waals surface area (Å²) in [5, 5.41) is 0. The maximum atomic E-state index is 10.9. The minimum atomic E-state index is -0.514. The summed E-state index contributed by atoms with van der Waals surface area (Å²) in [6.45, 7) is 6.77. The van der Waals surface area contributed by atoms with E-state index in [4.69, 9.17) is 5.73 Å². The van der Waals surface area contributed by atoms with Gasteiger partial charge in [-0.05, 0) is 6.42 Å². The van der Waals surface area contributed by atoms with E-state index in [0.717, 1.165) is 13.0 Å². The molecule has 0 spiro atoms. The predicted octanol–water partition coefficient (Wildman–Crippen LogP) is 2.74. The van der Waals surface area contributed by atoms with Crippen LogP contribution in [0.5, 0.6) is 0 Å². The molecule has 0 aliphatic heterocycles. The molecule has 0 aliphatic rings. The summed E-state index contributed by atoms with van der Waals surface area (Å²) in [6, 6.07) is 0. The lowest BCUT2D eigenvalue weighted by Gasteiger charge is -2.02. The zero-order valence-corrected chi connectivity index (χ0v) is 11.2. The van der Waals surface area contributed by atoms with Crippen molar-refractivity contribution in [3.63, 3.8) is 0 Å². The number of hydrogen-bond donors (Lipinski definition) is 1. The van der Waals surface area contributed by atoms with E-state index in [1.165, 1.54) is 32.1 Å². The standard InChI is InChI=1S/C14H23N3O/c1-3-4-5-6-7-8-9-17-10-13(16-11-17)12(2)14(15)18/h10-11H,2-9H2,1H3,(H2,15,18). The average Bonchev–Trinajstić information content (AvgIpc) is 2.81. The predicted molar refractivity (Wildman–Crippen MR) is 73.8 cm³/mol. The molecule has 18 heavy (non-hydrogen) atoms. The lowest BCUT2D eigenvalue weighted by atomic mass is 10.1. The van der Waals surface area contributed by atoms with Crippen LogP contribution < -0.4 is 5.73 Å². The molecule has 1 heterocycles. The number of aromatic nitrogens is 2. The number of carbonyl (C=O) groups is 1. The number of rotatable bonds is 9. The normalized spacial score (nSPS) is 10.5. The van der Waals surface area contributed by atoms with Gasteiger partial charge in [0.15, 0.2) is 0 Å². The molecule has 1 rings (SSSR count). The van der Waals surface area contributed by atoms with Gasteiger partial charge in [-0.2, -0.15) is 0 Å². The Morgan fingerprint density at radius 1 is 1.33 bits per heavy atom. The number of imidazole rings is 1. The van der Waals surface area contributed by atoms with Crippen LogP contribution in [0, 0.1) is 0 Å². The van der Waals surface area contributed by atoms with E-state index in [9.17, 15) is 4.79 Å². The van der Waals surface area contributed by atoms with Gasteiger partial charge in [-0.1, -0.05) is 45.6 Å². The molecule has 0 atom stereocenters. The number of amides is 1. The van der Waals surface area contributed by atoms with Crippen LogP contribution in [0.1, 0.15) is 51.1 Å². The number of aryl methyl sites for hydroxylation is 1. The van der Waals surface area contributed by atoms with Crippen LogP contribution in [0.4, 0.5) is 0 Å². The Kier molecular flexibility index (Phi) is 6.19. The third-order valence-electron chi connectivity index (χ3n) is 3.01. The number of nitrogens with zero attached hydrogens (tertiary/aromatic N) is 2. The summed E-state index contributed by atoms with van der Waals surface area (Å²) in [5.41, 5.74) is 6.01. The van der Waals surface area contributed by atoms with Crippen molar-refractivity contribution in [2.75, 3.05) is 0 Å². The molecule has 1 aromatic rings. The molecule has 0 saturated carbocycles. The van der Waals surface area contributed by atoms with Crippen LogP contribution in [0.25, 0.3) is 5.57 Å². The highest BCUT2D eigenvalue weighted by atomic mass is 16.1. The molecule has 0 unspecified atom stereocenters. The van der Waals surface area contributed by atoms with E-state index in [1.54, 1.807) is 6.33 Å². The highest BCUT2D eigenvalue weighted by molar-refractivity contribution is 6.17. The molecule has 100 valence electrons. The van der Waals surface area contributed by atoms with E-state index >= 15 is 0 Å². The number of carbonyl (C=O) groups excluding carboxylic acids is 1. The van der Waals surface area contributed by atoms with E-state index in [1.807, 2.05) is 10.8 Å². The van der Waals surface area contributed by atoms with Gasteiger partial charge >= 0.3 is 0 Å². The minimum absolute atomic E-state index is 0.275. The second kappa shape index (κ2) is 7.69. The maximum absolute atomic E-state index is 10.9. The van der Waals surface area contributed by atoms with Crippen molar-refractivity contribution in [2.45, 2.75) is 52.0 Å². The Balaban J connectivity index is 2.27. The third-order valence-corrected chi connectivity index (χ3v) is 3.01. The van der Waals surface area contributed by atoms with Crippen molar-refractivity contribution in [1.82, 2.24) is 9.55 Å². The van der Waals surface area contributed by atoms with Crippen LogP contribution in [0.2, 0.25) is 0 Å². The van der Waals surface area contributed by atoms with Gasteiger partial charge in [0.1, 0.15) is 0 Å². The van der Waals surface area contributed by atoms with Crippen molar-refractivity contribution in [3.05, 3.63) is 24.8 Å². The summed E-state index contributed by atoms with van der Waals surface area (Å²) in [4.78, 5) is 15.1. The lowest BCUT2D eigenvalue weighted by molar-refractivity contribution is -0.112. The molecule has 2 N–H and O–H groups in total. The van der Waals surface area contributed by atoms with E-state index in [-0.39, 0.29) is 5.57 Å². The molecule has 0 bridgehead atoms. The molecule has 0 radical (unpaired) electrons. The minimum Gasteiger partial charge on any atom is -0.366 e. The van der Waals surface area contributed by atoms with Gasteiger partial charge in [0, 0.05) is 12.7 Å². The first-order valence-corrected chi connectivity index (χ1v) is 6.66.